The Morgan fingerprint density at radius 2 is 2.21 bits per heavy atom. The highest BCUT2D eigenvalue weighted by Gasteiger charge is 2.23. The van der Waals surface area contributed by atoms with Crippen molar-refractivity contribution in [3.63, 3.8) is 0 Å². The van der Waals surface area contributed by atoms with Crippen molar-refractivity contribution in [2.24, 2.45) is 5.92 Å². The van der Waals surface area contributed by atoms with Crippen molar-refractivity contribution in [2.45, 2.75) is 49.8 Å². The molecule has 2 aliphatic carbocycles. The number of alkyl halides is 1. The topological polar surface area (TPSA) is 29.1 Å². The molecule has 1 amide bonds. The second-order valence-corrected chi connectivity index (χ2v) is 8.18. The largest absolute Gasteiger partial charge is 0.351 e. The lowest BCUT2D eigenvalue weighted by atomic mass is 9.99. The van der Waals surface area contributed by atoms with E-state index in [1.54, 1.807) is 11.3 Å². The lowest BCUT2D eigenvalue weighted by Crippen LogP contribution is -2.27. The zero-order valence-electron chi connectivity index (χ0n) is 11.1. The Morgan fingerprint density at radius 3 is 2.95 bits per heavy atom. The van der Waals surface area contributed by atoms with E-state index in [1.165, 1.54) is 49.0 Å². The van der Waals surface area contributed by atoms with Crippen LogP contribution in [0.5, 0.6) is 0 Å². The number of rotatable bonds is 3. The minimum Gasteiger partial charge on any atom is -0.351 e. The number of hydrogen-bond donors (Lipinski definition) is 1. The molecule has 19 heavy (non-hydrogen) atoms. The van der Waals surface area contributed by atoms with Crippen molar-refractivity contribution in [1.29, 1.82) is 0 Å². The number of nitrogens with one attached hydrogen (secondary N) is 1. The van der Waals surface area contributed by atoms with E-state index in [1.807, 2.05) is 0 Å². The van der Waals surface area contributed by atoms with Gasteiger partial charge >= 0.3 is 0 Å². The Balaban J connectivity index is 1.56. The summed E-state index contributed by atoms with van der Waals surface area (Å²) in [4.78, 5) is 15.2. The third kappa shape index (κ3) is 3.22. The molecule has 0 bridgehead atoms. The van der Waals surface area contributed by atoms with Crippen molar-refractivity contribution in [1.82, 2.24) is 5.32 Å². The highest BCUT2D eigenvalue weighted by molar-refractivity contribution is 9.09. The number of carbonyl (C=O) groups is 1. The van der Waals surface area contributed by atoms with E-state index in [0.29, 0.717) is 10.7 Å². The van der Waals surface area contributed by atoms with Crippen LogP contribution in [0.1, 0.15) is 52.2 Å². The second kappa shape index (κ2) is 5.96. The molecule has 2 nitrogen and oxygen atoms in total. The van der Waals surface area contributed by atoms with Gasteiger partial charge in [-0.05, 0) is 62.5 Å². The fourth-order valence-corrected chi connectivity index (χ4v) is 5.09. The molecule has 2 atom stereocenters. The van der Waals surface area contributed by atoms with Gasteiger partial charge in [-0.15, -0.1) is 11.3 Å². The zero-order valence-corrected chi connectivity index (χ0v) is 13.5. The van der Waals surface area contributed by atoms with Gasteiger partial charge in [-0.3, -0.25) is 4.79 Å². The number of carbonyl (C=O) groups excluding carboxylic acids is 1. The minimum absolute atomic E-state index is 0.137. The molecule has 1 aromatic rings. The van der Waals surface area contributed by atoms with Crippen LogP contribution in [0, 0.1) is 5.92 Å². The lowest BCUT2D eigenvalue weighted by Gasteiger charge is -2.09. The quantitative estimate of drug-likeness (QED) is 0.829. The molecule has 4 heteroatoms. The molecular formula is C15H20BrNOS. The number of hydrogen-bond acceptors (Lipinski definition) is 2. The first-order valence-corrected chi connectivity index (χ1v) is 8.99. The maximum atomic E-state index is 12.2. The van der Waals surface area contributed by atoms with Crippen molar-refractivity contribution in [3.8, 4) is 0 Å². The molecule has 0 spiro atoms. The van der Waals surface area contributed by atoms with E-state index >= 15 is 0 Å². The summed E-state index contributed by atoms with van der Waals surface area (Å²) in [6, 6.07) is 2.12. The summed E-state index contributed by atoms with van der Waals surface area (Å²) in [7, 11) is 0. The average Bonchev–Trinajstić information content (AvgIpc) is 3.01. The van der Waals surface area contributed by atoms with Crippen molar-refractivity contribution >= 4 is 33.2 Å². The van der Waals surface area contributed by atoms with E-state index in [0.717, 1.165) is 17.8 Å². The predicted octanol–water partition coefficient (Wildman–Crippen LogP) is 3.92. The molecule has 3 rings (SSSR count). The van der Waals surface area contributed by atoms with Gasteiger partial charge in [-0.1, -0.05) is 15.9 Å². The molecule has 0 radical (unpaired) electrons. The number of amides is 1. The molecule has 2 unspecified atom stereocenters. The van der Waals surface area contributed by atoms with E-state index in [4.69, 9.17) is 0 Å². The molecule has 1 aromatic heterocycles. The molecule has 1 saturated carbocycles. The Bertz CT molecular complexity index is 447. The van der Waals surface area contributed by atoms with Gasteiger partial charge in [0.1, 0.15) is 0 Å². The summed E-state index contributed by atoms with van der Waals surface area (Å²) >= 11 is 5.36. The monoisotopic (exact) mass is 341 g/mol. The number of fused-ring (bicyclic) bond motifs is 1. The van der Waals surface area contributed by atoms with E-state index in [-0.39, 0.29) is 5.91 Å². The van der Waals surface area contributed by atoms with E-state index < -0.39 is 0 Å². The van der Waals surface area contributed by atoms with Gasteiger partial charge in [0.2, 0.25) is 0 Å². The van der Waals surface area contributed by atoms with E-state index in [9.17, 15) is 4.79 Å². The van der Waals surface area contributed by atoms with Crippen molar-refractivity contribution in [3.05, 3.63) is 21.4 Å². The van der Waals surface area contributed by atoms with Crippen LogP contribution in [0.4, 0.5) is 0 Å². The van der Waals surface area contributed by atoms with Crippen molar-refractivity contribution in [2.75, 3.05) is 6.54 Å². The van der Waals surface area contributed by atoms with Gasteiger partial charge in [-0.25, -0.2) is 0 Å². The van der Waals surface area contributed by atoms with Gasteiger partial charge in [0.15, 0.2) is 0 Å². The van der Waals surface area contributed by atoms with Crippen LogP contribution in [-0.4, -0.2) is 17.3 Å². The maximum Gasteiger partial charge on any atom is 0.261 e. The lowest BCUT2D eigenvalue weighted by molar-refractivity contribution is 0.0951. The Kier molecular flexibility index (Phi) is 4.27. The Hall–Kier alpha value is -0.350. The van der Waals surface area contributed by atoms with Crippen LogP contribution in [0.15, 0.2) is 6.07 Å². The first-order chi connectivity index (χ1) is 9.22. The van der Waals surface area contributed by atoms with Crippen LogP contribution < -0.4 is 5.32 Å². The summed E-state index contributed by atoms with van der Waals surface area (Å²) in [5.74, 6) is 0.792. The molecule has 104 valence electrons. The fourth-order valence-electron chi connectivity index (χ4n) is 3.13. The standard InChI is InChI=1S/C15H20BrNOS/c16-12-6-5-10(7-12)9-17-15(18)14-8-11-3-1-2-4-13(11)19-14/h8,10,12H,1-7,9H2,(H,17,18). The molecule has 1 heterocycles. The average molecular weight is 342 g/mol. The third-order valence-electron chi connectivity index (χ3n) is 4.25. The second-order valence-electron chi connectivity index (χ2n) is 5.75. The predicted molar refractivity (Wildman–Crippen MR) is 83.4 cm³/mol. The normalized spacial score (nSPS) is 26.2. The molecule has 0 saturated heterocycles. The van der Waals surface area contributed by atoms with Crippen LogP contribution in [-0.2, 0) is 12.8 Å². The van der Waals surface area contributed by atoms with Gasteiger partial charge in [-0.2, -0.15) is 0 Å². The van der Waals surface area contributed by atoms with Gasteiger partial charge in [0.05, 0.1) is 4.88 Å². The van der Waals surface area contributed by atoms with E-state index in [2.05, 4.69) is 27.3 Å². The third-order valence-corrected chi connectivity index (χ3v) is 6.32. The molecule has 0 aliphatic heterocycles. The first kappa shape index (κ1) is 13.6. The molecular weight excluding hydrogens is 322 g/mol. The van der Waals surface area contributed by atoms with Crippen molar-refractivity contribution < 1.29 is 4.79 Å². The number of thiophene rings is 1. The first-order valence-electron chi connectivity index (χ1n) is 7.26. The number of aryl methyl sites for hydroxylation is 2. The molecule has 1 fully saturated rings. The van der Waals surface area contributed by atoms with Gasteiger partial charge < -0.3 is 5.32 Å². The Labute approximate surface area is 127 Å². The van der Waals surface area contributed by atoms with Gasteiger partial charge in [0.25, 0.3) is 5.91 Å². The highest BCUT2D eigenvalue weighted by Crippen LogP contribution is 2.31. The van der Waals surface area contributed by atoms with Gasteiger partial charge in [0, 0.05) is 16.2 Å². The smallest absolute Gasteiger partial charge is 0.261 e. The molecule has 1 N–H and O–H groups in total. The maximum absolute atomic E-state index is 12.2. The van der Waals surface area contributed by atoms with Crippen LogP contribution in [0.2, 0.25) is 0 Å². The summed E-state index contributed by atoms with van der Waals surface area (Å²) in [5, 5.41) is 3.12. The summed E-state index contributed by atoms with van der Waals surface area (Å²) < 4.78 is 0. The zero-order chi connectivity index (χ0) is 13.2. The number of halogens is 1. The van der Waals surface area contributed by atoms with Crippen LogP contribution in [0.25, 0.3) is 0 Å². The highest BCUT2D eigenvalue weighted by atomic mass is 79.9. The SMILES string of the molecule is O=C(NCC1CCC(Br)C1)c1cc2c(s1)CCCC2. The summed E-state index contributed by atoms with van der Waals surface area (Å²) in [6.45, 7) is 0.837. The Morgan fingerprint density at radius 1 is 1.37 bits per heavy atom. The summed E-state index contributed by atoms with van der Waals surface area (Å²) in [5.41, 5.74) is 1.42. The summed E-state index contributed by atoms with van der Waals surface area (Å²) in [6.07, 6.45) is 8.56. The fraction of sp³-hybridized carbons (Fsp3) is 0.667. The van der Waals surface area contributed by atoms with Crippen LogP contribution in [0.3, 0.4) is 0 Å². The molecule has 0 aromatic carbocycles. The minimum atomic E-state index is 0.137. The molecule has 2 aliphatic rings. The van der Waals surface area contributed by atoms with Crippen LogP contribution >= 0.6 is 27.3 Å².